The Balaban J connectivity index is 1.42. The fourth-order valence-electron chi connectivity index (χ4n) is 3.44. The van der Waals surface area contributed by atoms with Crippen LogP contribution in [0.1, 0.15) is 19.3 Å². The standard InChI is InChI=1S/C17H24N4O2/c22-17(15-11-14(19-20-15)12-5-6-12)18-13-3-1-2-4-16(13)21-7-9-23-10-8-21/h1-4,12,14-15,19-20H,5-11H2,(H,18,22). The van der Waals surface area contributed by atoms with E-state index in [0.29, 0.717) is 6.04 Å². The Morgan fingerprint density at radius 1 is 1.17 bits per heavy atom. The van der Waals surface area contributed by atoms with Crippen LogP contribution < -0.4 is 21.1 Å². The molecule has 0 spiro atoms. The van der Waals surface area contributed by atoms with Crippen molar-refractivity contribution in [1.29, 1.82) is 0 Å². The number of hydrogen-bond donors (Lipinski definition) is 3. The molecular weight excluding hydrogens is 292 g/mol. The summed E-state index contributed by atoms with van der Waals surface area (Å²) in [6, 6.07) is 8.31. The van der Waals surface area contributed by atoms with Crippen molar-refractivity contribution in [2.24, 2.45) is 5.92 Å². The summed E-state index contributed by atoms with van der Waals surface area (Å²) in [5.41, 5.74) is 8.39. The molecule has 1 aromatic rings. The molecule has 2 atom stereocenters. The first-order valence-electron chi connectivity index (χ1n) is 8.55. The molecule has 2 aliphatic heterocycles. The summed E-state index contributed by atoms with van der Waals surface area (Å²) in [5, 5.41) is 3.11. The number of nitrogens with one attached hydrogen (secondary N) is 3. The Labute approximate surface area is 136 Å². The van der Waals surface area contributed by atoms with Crippen LogP contribution in [0.3, 0.4) is 0 Å². The summed E-state index contributed by atoms with van der Waals surface area (Å²) in [5.74, 6) is 0.794. The van der Waals surface area contributed by atoms with Crippen LogP contribution in [0.4, 0.5) is 11.4 Å². The lowest BCUT2D eigenvalue weighted by atomic mass is 10.1. The summed E-state index contributed by atoms with van der Waals surface area (Å²) >= 11 is 0. The molecule has 2 heterocycles. The first-order chi connectivity index (χ1) is 11.3. The minimum Gasteiger partial charge on any atom is -0.378 e. The molecular formula is C17H24N4O2. The third-order valence-corrected chi connectivity index (χ3v) is 4.95. The van der Waals surface area contributed by atoms with E-state index in [2.05, 4.69) is 27.1 Å². The highest BCUT2D eigenvalue weighted by Crippen LogP contribution is 2.36. The van der Waals surface area contributed by atoms with Crippen LogP contribution in [-0.4, -0.2) is 44.3 Å². The smallest absolute Gasteiger partial charge is 0.242 e. The molecule has 3 fully saturated rings. The van der Waals surface area contributed by atoms with Crippen LogP contribution in [-0.2, 0) is 9.53 Å². The second kappa shape index (κ2) is 6.47. The number of carbonyl (C=O) groups excluding carboxylic acids is 1. The number of amides is 1. The van der Waals surface area contributed by atoms with Gasteiger partial charge in [0.05, 0.1) is 24.6 Å². The lowest BCUT2D eigenvalue weighted by molar-refractivity contribution is -0.117. The predicted octanol–water partition coefficient (Wildman–Crippen LogP) is 1.11. The van der Waals surface area contributed by atoms with Crippen molar-refractivity contribution in [1.82, 2.24) is 10.9 Å². The van der Waals surface area contributed by atoms with Gasteiger partial charge in [-0.15, -0.1) is 0 Å². The van der Waals surface area contributed by atoms with Crippen LogP contribution in [0, 0.1) is 5.92 Å². The summed E-state index contributed by atoms with van der Waals surface area (Å²) < 4.78 is 5.42. The van der Waals surface area contributed by atoms with Gasteiger partial charge in [-0.05, 0) is 37.3 Å². The number of hydrogen-bond acceptors (Lipinski definition) is 5. The van der Waals surface area contributed by atoms with Crippen molar-refractivity contribution in [2.45, 2.75) is 31.3 Å². The van der Waals surface area contributed by atoms with Gasteiger partial charge >= 0.3 is 0 Å². The summed E-state index contributed by atoms with van der Waals surface area (Å²) in [7, 11) is 0. The zero-order valence-electron chi connectivity index (χ0n) is 13.3. The summed E-state index contributed by atoms with van der Waals surface area (Å²) in [6.45, 7) is 3.19. The van der Waals surface area contributed by atoms with Gasteiger partial charge in [0.15, 0.2) is 0 Å². The van der Waals surface area contributed by atoms with E-state index in [-0.39, 0.29) is 11.9 Å². The molecule has 4 rings (SSSR count). The van der Waals surface area contributed by atoms with E-state index in [4.69, 9.17) is 4.74 Å². The van der Waals surface area contributed by atoms with E-state index < -0.39 is 0 Å². The van der Waals surface area contributed by atoms with Gasteiger partial charge in [-0.2, -0.15) is 0 Å². The zero-order chi connectivity index (χ0) is 15.6. The van der Waals surface area contributed by atoms with Crippen molar-refractivity contribution < 1.29 is 9.53 Å². The number of carbonyl (C=O) groups is 1. The average molecular weight is 316 g/mol. The number of rotatable bonds is 4. The molecule has 1 amide bonds. The Morgan fingerprint density at radius 2 is 1.96 bits per heavy atom. The van der Waals surface area contributed by atoms with E-state index >= 15 is 0 Å². The highest BCUT2D eigenvalue weighted by atomic mass is 16.5. The number of anilines is 2. The third-order valence-electron chi connectivity index (χ3n) is 4.95. The highest BCUT2D eigenvalue weighted by molar-refractivity contribution is 5.97. The number of morpholine rings is 1. The predicted molar refractivity (Wildman–Crippen MR) is 89.3 cm³/mol. The third kappa shape index (κ3) is 3.34. The molecule has 2 unspecified atom stereocenters. The molecule has 2 saturated heterocycles. The fraction of sp³-hybridized carbons (Fsp3) is 0.588. The topological polar surface area (TPSA) is 65.6 Å². The van der Waals surface area contributed by atoms with Gasteiger partial charge in [-0.3, -0.25) is 10.2 Å². The Bertz CT molecular complexity index is 569. The Morgan fingerprint density at radius 3 is 2.74 bits per heavy atom. The second-order valence-corrected chi connectivity index (χ2v) is 6.63. The monoisotopic (exact) mass is 316 g/mol. The van der Waals surface area contributed by atoms with E-state index in [1.807, 2.05) is 18.2 Å². The average Bonchev–Trinajstić information content (AvgIpc) is 3.33. The maximum Gasteiger partial charge on any atom is 0.242 e. The van der Waals surface area contributed by atoms with Gasteiger partial charge in [0.25, 0.3) is 0 Å². The van der Waals surface area contributed by atoms with Gasteiger partial charge in [0.1, 0.15) is 6.04 Å². The van der Waals surface area contributed by atoms with Crippen molar-refractivity contribution in [3.05, 3.63) is 24.3 Å². The largest absolute Gasteiger partial charge is 0.378 e. The summed E-state index contributed by atoms with van der Waals surface area (Å²) in [4.78, 5) is 14.9. The number of ether oxygens (including phenoxy) is 1. The van der Waals surface area contributed by atoms with Gasteiger partial charge in [0, 0.05) is 19.1 Å². The molecule has 1 aromatic carbocycles. The van der Waals surface area contributed by atoms with Crippen LogP contribution in [0.5, 0.6) is 0 Å². The minimum absolute atomic E-state index is 0.0429. The van der Waals surface area contributed by atoms with Gasteiger partial charge in [-0.1, -0.05) is 12.1 Å². The summed E-state index contributed by atoms with van der Waals surface area (Å²) in [6.07, 6.45) is 3.44. The van der Waals surface area contributed by atoms with Crippen molar-refractivity contribution in [2.75, 3.05) is 36.5 Å². The van der Waals surface area contributed by atoms with E-state index in [1.165, 1.54) is 12.8 Å². The Kier molecular flexibility index (Phi) is 4.20. The van der Waals surface area contributed by atoms with E-state index in [0.717, 1.165) is 50.0 Å². The molecule has 6 heteroatoms. The zero-order valence-corrected chi connectivity index (χ0v) is 13.3. The first kappa shape index (κ1) is 14.9. The molecule has 6 nitrogen and oxygen atoms in total. The second-order valence-electron chi connectivity index (χ2n) is 6.63. The normalized spacial score (nSPS) is 27.9. The molecule has 0 radical (unpaired) electrons. The number of nitrogens with zero attached hydrogens (tertiary/aromatic N) is 1. The molecule has 0 aromatic heterocycles. The lowest BCUT2D eigenvalue weighted by Crippen LogP contribution is -2.41. The molecule has 23 heavy (non-hydrogen) atoms. The van der Waals surface area contributed by atoms with Crippen LogP contribution in [0.25, 0.3) is 0 Å². The number of benzene rings is 1. The maximum absolute atomic E-state index is 12.6. The minimum atomic E-state index is -0.154. The Hall–Kier alpha value is -1.63. The molecule has 0 bridgehead atoms. The molecule has 1 aliphatic carbocycles. The van der Waals surface area contributed by atoms with E-state index in [9.17, 15) is 4.79 Å². The number of para-hydroxylation sites is 2. The fourth-order valence-corrected chi connectivity index (χ4v) is 3.44. The first-order valence-corrected chi connectivity index (χ1v) is 8.55. The van der Waals surface area contributed by atoms with Gasteiger partial charge in [0.2, 0.25) is 5.91 Å². The molecule has 1 saturated carbocycles. The van der Waals surface area contributed by atoms with Gasteiger partial charge < -0.3 is 15.0 Å². The van der Waals surface area contributed by atoms with Crippen LogP contribution in [0.15, 0.2) is 24.3 Å². The van der Waals surface area contributed by atoms with E-state index in [1.54, 1.807) is 0 Å². The van der Waals surface area contributed by atoms with Crippen LogP contribution >= 0.6 is 0 Å². The molecule has 124 valence electrons. The SMILES string of the molecule is O=C(Nc1ccccc1N1CCOCC1)C1CC(C2CC2)NN1. The van der Waals surface area contributed by atoms with Gasteiger partial charge in [-0.25, -0.2) is 5.43 Å². The van der Waals surface area contributed by atoms with Crippen molar-refractivity contribution in [3.63, 3.8) is 0 Å². The maximum atomic E-state index is 12.6. The lowest BCUT2D eigenvalue weighted by Gasteiger charge is -2.30. The van der Waals surface area contributed by atoms with Crippen molar-refractivity contribution >= 4 is 17.3 Å². The molecule has 3 N–H and O–H groups in total. The van der Waals surface area contributed by atoms with Crippen LogP contribution in [0.2, 0.25) is 0 Å². The van der Waals surface area contributed by atoms with Crippen molar-refractivity contribution in [3.8, 4) is 0 Å². The quantitative estimate of drug-likeness (QED) is 0.776. The molecule has 3 aliphatic rings. The number of hydrazine groups is 1. The highest BCUT2D eigenvalue weighted by Gasteiger charge is 2.38.